The van der Waals surface area contributed by atoms with Gasteiger partial charge in [0.15, 0.2) is 6.20 Å². The van der Waals surface area contributed by atoms with Gasteiger partial charge in [0.25, 0.3) is 0 Å². The van der Waals surface area contributed by atoms with Gasteiger partial charge in [0, 0.05) is 17.2 Å². The van der Waals surface area contributed by atoms with Gasteiger partial charge >= 0.3 is 0 Å². The summed E-state index contributed by atoms with van der Waals surface area (Å²) in [5.41, 5.74) is 8.05. The van der Waals surface area contributed by atoms with Gasteiger partial charge < -0.3 is 0 Å². The van der Waals surface area contributed by atoms with Crippen LogP contribution in [0.1, 0.15) is 62.0 Å². The molecule has 1 heteroatoms. The van der Waals surface area contributed by atoms with Crippen LogP contribution in [-0.4, -0.2) is 0 Å². The van der Waals surface area contributed by atoms with E-state index < -0.39 is 0 Å². The van der Waals surface area contributed by atoms with E-state index in [-0.39, 0.29) is 0 Å². The third kappa shape index (κ3) is 3.83. The zero-order valence-corrected chi connectivity index (χ0v) is 18.5. The van der Waals surface area contributed by atoms with E-state index in [1.54, 1.807) is 5.56 Å². The van der Waals surface area contributed by atoms with Crippen molar-refractivity contribution in [1.29, 1.82) is 0 Å². The SMILES string of the molecule is Cc1ccccc1-c1ccc(-c2ccc(C3CCC4CCCC[C@H]4C3)cc2)c[n+]1C. The van der Waals surface area contributed by atoms with Crippen LogP contribution in [0.4, 0.5) is 0 Å². The normalized spacial score (nSPS) is 23.7. The number of pyridine rings is 1. The predicted molar refractivity (Wildman–Crippen MR) is 125 cm³/mol. The van der Waals surface area contributed by atoms with E-state index in [0.717, 1.165) is 17.8 Å². The second-order valence-corrected chi connectivity index (χ2v) is 9.67. The number of aryl methyl sites for hydroxylation is 2. The lowest BCUT2D eigenvalue weighted by Gasteiger charge is -2.39. The second-order valence-electron chi connectivity index (χ2n) is 9.67. The largest absolute Gasteiger partial charge is 0.212 e. The van der Waals surface area contributed by atoms with E-state index in [4.69, 9.17) is 0 Å². The molecule has 30 heavy (non-hydrogen) atoms. The fourth-order valence-corrected chi connectivity index (χ4v) is 6.04. The monoisotopic (exact) mass is 396 g/mol. The predicted octanol–water partition coefficient (Wildman–Crippen LogP) is 7.23. The molecule has 0 aliphatic heterocycles. The molecule has 1 nitrogen and oxygen atoms in total. The molecule has 0 bridgehead atoms. The average Bonchev–Trinajstić information content (AvgIpc) is 2.79. The minimum atomic E-state index is 0.776. The Morgan fingerprint density at radius 1 is 0.733 bits per heavy atom. The first-order valence-electron chi connectivity index (χ1n) is 11.8. The first-order valence-corrected chi connectivity index (χ1v) is 11.8. The van der Waals surface area contributed by atoms with Crippen molar-refractivity contribution in [2.24, 2.45) is 18.9 Å². The van der Waals surface area contributed by atoms with Crippen molar-refractivity contribution < 1.29 is 4.57 Å². The van der Waals surface area contributed by atoms with Crippen LogP contribution in [0.3, 0.4) is 0 Å². The first-order chi connectivity index (χ1) is 14.7. The fraction of sp³-hybridized carbons (Fsp3) is 0.414. The van der Waals surface area contributed by atoms with E-state index >= 15 is 0 Å². The first kappa shape index (κ1) is 19.5. The minimum absolute atomic E-state index is 0.776. The highest BCUT2D eigenvalue weighted by molar-refractivity contribution is 5.66. The van der Waals surface area contributed by atoms with Crippen LogP contribution in [0, 0.1) is 18.8 Å². The van der Waals surface area contributed by atoms with Gasteiger partial charge in [-0.15, -0.1) is 0 Å². The van der Waals surface area contributed by atoms with Gasteiger partial charge in [0.1, 0.15) is 7.05 Å². The molecular weight excluding hydrogens is 362 g/mol. The lowest BCUT2D eigenvalue weighted by atomic mass is 9.66. The molecule has 0 amide bonds. The molecule has 2 saturated carbocycles. The molecule has 5 rings (SSSR count). The van der Waals surface area contributed by atoms with Crippen molar-refractivity contribution in [3.8, 4) is 22.4 Å². The van der Waals surface area contributed by atoms with E-state index in [9.17, 15) is 0 Å². The zero-order chi connectivity index (χ0) is 20.5. The van der Waals surface area contributed by atoms with Crippen molar-refractivity contribution in [1.82, 2.24) is 0 Å². The highest BCUT2D eigenvalue weighted by Crippen LogP contribution is 2.46. The summed E-state index contributed by atoms with van der Waals surface area (Å²) in [5.74, 6) is 2.80. The molecule has 2 aliphatic rings. The van der Waals surface area contributed by atoms with Crippen LogP contribution in [-0.2, 0) is 7.05 Å². The van der Waals surface area contributed by atoms with Gasteiger partial charge in [-0.05, 0) is 72.8 Å². The lowest BCUT2D eigenvalue weighted by molar-refractivity contribution is -0.659. The van der Waals surface area contributed by atoms with E-state index in [2.05, 4.69) is 85.4 Å². The van der Waals surface area contributed by atoms with Crippen molar-refractivity contribution in [2.45, 2.75) is 57.8 Å². The maximum absolute atomic E-state index is 2.40. The Balaban J connectivity index is 1.34. The number of nitrogens with zero attached hydrogens (tertiary/aromatic N) is 1. The van der Waals surface area contributed by atoms with Crippen molar-refractivity contribution >= 4 is 0 Å². The van der Waals surface area contributed by atoms with Gasteiger partial charge in [-0.1, -0.05) is 68.1 Å². The summed E-state index contributed by atoms with van der Waals surface area (Å²) < 4.78 is 2.26. The van der Waals surface area contributed by atoms with Gasteiger partial charge in [0.05, 0.1) is 0 Å². The molecule has 2 unspecified atom stereocenters. The molecule has 3 aromatic rings. The van der Waals surface area contributed by atoms with E-state index in [1.165, 1.54) is 72.9 Å². The molecule has 0 saturated heterocycles. The molecule has 0 spiro atoms. The fourth-order valence-electron chi connectivity index (χ4n) is 6.04. The topological polar surface area (TPSA) is 3.88 Å². The van der Waals surface area contributed by atoms with E-state index in [0.29, 0.717) is 0 Å². The van der Waals surface area contributed by atoms with Gasteiger partial charge in [0.2, 0.25) is 5.69 Å². The summed E-state index contributed by atoms with van der Waals surface area (Å²) in [6.45, 7) is 2.18. The Hall–Kier alpha value is -2.41. The van der Waals surface area contributed by atoms with Crippen LogP contribution in [0.15, 0.2) is 66.9 Å². The highest BCUT2D eigenvalue weighted by atomic mass is 14.9. The molecule has 3 atom stereocenters. The number of benzene rings is 2. The maximum atomic E-state index is 2.40. The quantitative estimate of drug-likeness (QED) is 0.411. The van der Waals surface area contributed by atoms with Gasteiger partial charge in [-0.2, -0.15) is 0 Å². The van der Waals surface area contributed by atoms with Crippen molar-refractivity contribution in [2.75, 3.05) is 0 Å². The minimum Gasteiger partial charge on any atom is -0.200 e. The summed E-state index contributed by atoms with van der Waals surface area (Å²) in [4.78, 5) is 0. The molecule has 2 aliphatic carbocycles. The number of hydrogen-bond donors (Lipinski definition) is 0. The van der Waals surface area contributed by atoms with Gasteiger partial charge in [-0.25, -0.2) is 4.57 Å². The Bertz CT molecular complexity index is 1020. The third-order valence-electron chi connectivity index (χ3n) is 7.81. The lowest BCUT2D eigenvalue weighted by Crippen LogP contribution is -2.30. The average molecular weight is 397 g/mol. The molecule has 0 radical (unpaired) electrons. The van der Waals surface area contributed by atoms with Crippen LogP contribution < -0.4 is 4.57 Å². The number of fused-ring (bicyclic) bond motifs is 1. The molecule has 2 aromatic carbocycles. The van der Waals surface area contributed by atoms with Crippen molar-refractivity contribution in [3.05, 3.63) is 78.0 Å². The zero-order valence-electron chi connectivity index (χ0n) is 18.5. The smallest absolute Gasteiger partial charge is 0.200 e. The Labute approximate surface area is 181 Å². The molecule has 2 fully saturated rings. The standard InChI is InChI=1S/C29H34N/c1-21-7-3-6-10-28(21)29-18-17-27(20-30(29)2)24-13-11-23(12-14-24)26-16-15-22-8-4-5-9-25(22)19-26/h3,6-7,10-14,17-18,20,22,25-26H,4-5,8-9,15-16,19H2,1-2H3/q+1/t22?,25-,26?/m0/s1. The summed E-state index contributed by atoms with van der Waals surface area (Å²) in [6.07, 6.45) is 12.4. The molecule has 154 valence electrons. The maximum Gasteiger partial charge on any atom is 0.212 e. The van der Waals surface area contributed by atoms with Crippen LogP contribution in [0.5, 0.6) is 0 Å². The van der Waals surface area contributed by atoms with Crippen LogP contribution >= 0.6 is 0 Å². The molecular formula is C29H34N+. The van der Waals surface area contributed by atoms with Crippen LogP contribution in [0.25, 0.3) is 22.4 Å². The number of hydrogen-bond acceptors (Lipinski definition) is 0. The summed E-state index contributed by atoms with van der Waals surface area (Å²) in [7, 11) is 2.16. The summed E-state index contributed by atoms with van der Waals surface area (Å²) in [6, 6.07) is 22.6. The van der Waals surface area contributed by atoms with Crippen LogP contribution in [0.2, 0.25) is 0 Å². The Kier molecular flexibility index (Phi) is 5.46. The molecule has 1 aromatic heterocycles. The number of aromatic nitrogens is 1. The number of rotatable bonds is 3. The van der Waals surface area contributed by atoms with Crippen molar-refractivity contribution in [3.63, 3.8) is 0 Å². The Morgan fingerprint density at radius 2 is 1.47 bits per heavy atom. The summed E-state index contributed by atoms with van der Waals surface area (Å²) >= 11 is 0. The highest BCUT2D eigenvalue weighted by Gasteiger charge is 2.32. The molecule has 1 heterocycles. The van der Waals surface area contributed by atoms with Gasteiger partial charge in [-0.3, -0.25) is 0 Å². The Morgan fingerprint density at radius 3 is 2.23 bits per heavy atom. The second kappa shape index (κ2) is 8.38. The molecule has 0 N–H and O–H groups in total. The third-order valence-corrected chi connectivity index (χ3v) is 7.81. The summed E-state index contributed by atoms with van der Waals surface area (Å²) in [5, 5.41) is 0. The van der Waals surface area contributed by atoms with E-state index in [1.807, 2.05) is 0 Å².